The number of hydrogen-bond donors (Lipinski definition) is 0. The lowest BCUT2D eigenvalue weighted by atomic mass is 10.0. The number of ether oxygens (including phenoxy) is 3. The first-order valence-electron chi connectivity index (χ1n) is 8.47. The minimum absolute atomic E-state index is 0.00691. The van der Waals surface area contributed by atoms with Crippen LogP contribution in [-0.4, -0.2) is 42.7 Å². The fourth-order valence-electron chi connectivity index (χ4n) is 3.42. The third-order valence-electron chi connectivity index (χ3n) is 4.66. The van der Waals surface area contributed by atoms with Gasteiger partial charge in [0.15, 0.2) is 11.5 Å². The summed E-state index contributed by atoms with van der Waals surface area (Å²) in [6, 6.07) is 9.47. The van der Waals surface area contributed by atoms with E-state index in [1.54, 1.807) is 25.4 Å². The highest BCUT2D eigenvalue weighted by molar-refractivity contribution is 5.94. The molecule has 1 saturated heterocycles. The van der Waals surface area contributed by atoms with Crippen molar-refractivity contribution < 1.29 is 19.0 Å². The van der Waals surface area contributed by atoms with E-state index in [2.05, 4.69) is 4.98 Å². The Morgan fingerprint density at radius 3 is 2.80 bits per heavy atom. The van der Waals surface area contributed by atoms with Gasteiger partial charge < -0.3 is 19.1 Å². The van der Waals surface area contributed by atoms with Crippen LogP contribution in [0.5, 0.6) is 17.4 Å². The number of carbonyl (C=O) groups excluding carboxylic acids is 1. The molecule has 6 nitrogen and oxygen atoms in total. The van der Waals surface area contributed by atoms with Crippen LogP contribution < -0.4 is 14.2 Å². The molecule has 3 heterocycles. The first kappa shape index (κ1) is 15.7. The van der Waals surface area contributed by atoms with E-state index in [0.29, 0.717) is 24.7 Å². The van der Waals surface area contributed by atoms with Gasteiger partial charge in [0.1, 0.15) is 13.2 Å². The third kappa shape index (κ3) is 2.99. The van der Waals surface area contributed by atoms with E-state index in [0.717, 1.165) is 36.4 Å². The van der Waals surface area contributed by atoms with Crippen LogP contribution in [-0.2, 0) is 0 Å². The van der Waals surface area contributed by atoms with Crippen molar-refractivity contribution in [2.75, 3.05) is 26.9 Å². The van der Waals surface area contributed by atoms with Crippen molar-refractivity contribution in [2.24, 2.45) is 0 Å². The topological polar surface area (TPSA) is 60.9 Å². The monoisotopic (exact) mass is 340 g/mol. The van der Waals surface area contributed by atoms with E-state index in [1.165, 1.54) is 0 Å². The number of methoxy groups -OCH3 is 1. The molecule has 25 heavy (non-hydrogen) atoms. The van der Waals surface area contributed by atoms with E-state index in [-0.39, 0.29) is 11.9 Å². The molecule has 2 aliphatic heterocycles. The lowest BCUT2D eigenvalue weighted by molar-refractivity contribution is 0.0734. The summed E-state index contributed by atoms with van der Waals surface area (Å²) in [7, 11) is 1.56. The molecule has 1 aromatic carbocycles. The number of benzene rings is 1. The molecule has 6 heteroatoms. The van der Waals surface area contributed by atoms with Crippen LogP contribution in [0.4, 0.5) is 0 Å². The Hall–Kier alpha value is -2.76. The Morgan fingerprint density at radius 2 is 2.04 bits per heavy atom. The molecular formula is C19H20N2O4. The number of hydrogen-bond acceptors (Lipinski definition) is 5. The van der Waals surface area contributed by atoms with Crippen molar-refractivity contribution in [1.82, 2.24) is 9.88 Å². The molecule has 1 aromatic heterocycles. The van der Waals surface area contributed by atoms with Crippen LogP contribution in [0.25, 0.3) is 0 Å². The number of fused-ring (bicyclic) bond motifs is 1. The summed E-state index contributed by atoms with van der Waals surface area (Å²) < 4.78 is 16.3. The predicted molar refractivity (Wildman–Crippen MR) is 91.2 cm³/mol. The lowest BCUT2D eigenvalue weighted by Crippen LogP contribution is -2.30. The van der Waals surface area contributed by atoms with Gasteiger partial charge in [0.05, 0.1) is 18.7 Å². The second kappa shape index (κ2) is 6.63. The van der Waals surface area contributed by atoms with Crippen LogP contribution in [0.1, 0.15) is 34.8 Å². The zero-order valence-corrected chi connectivity index (χ0v) is 14.1. The maximum absolute atomic E-state index is 12.9. The molecule has 130 valence electrons. The highest BCUT2D eigenvalue weighted by Gasteiger charge is 2.31. The number of nitrogens with zero attached hydrogens (tertiary/aromatic N) is 2. The fraction of sp³-hybridized carbons (Fsp3) is 0.368. The number of pyridine rings is 1. The Kier molecular flexibility index (Phi) is 4.17. The van der Waals surface area contributed by atoms with Gasteiger partial charge in [-0.3, -0.25) is 4.79 Å². The van der Waals surface area contributed by atoms with Crippen LogP contribution in [0.2, 0.25) is 0 Å². The highest BCUT2D eigenvalue weighted by Crippen LogP contribution is 2.38. The SMILES string of the molecule is COc1ccc(C(=O)N2CCCC2c2ccc3c(c2)OCCO3)cn1. The minimum atomic E-state index is -0.00691. The quantitative estimate of drug-likeness (QED) is 0.860. The molecule has 0 bridgehead atoms. The zero-order valence-electron chi connectivity index (χ0n) is 14.1. The molecule has 1 atom stereocenters. The van der Waals surface area contributed by atoms with Gasteiger partial charge >= 0.3 is 0 Å². The summed E-state index contributed by atoms with van der Waals surface area (Å²) in [5, 5.41) is 0. The van der Waals surface area contributed by atoms with Crippen molar-refractivity contribution in [3.05, 3.63) is 47.7 Å². The standard InChI is InChI=1S/C19H20N2O4/c1-23-18-7-5-14(12-20-18)19(22)21-8-2-3-15(21)13-4-6-16-17(11-13)25-10-9-24-16/h4-7,11-12,15H,2-3,8-10H2,1H3. The van der Waals surface area contributed by atoms with Gasteiger partial charge in [-0.2, -0.15) is 0 Å². The summed E-state index contributed by atoms with van der Waals surface area (Å²) in [4.78, 5) is 19.0. The Balaban J connectivity index is 1.58. The van der Waals surface area contributed by atoms with Gasteiger partial charge in [0.25, 0.3) is 5.91 Å². The van der Waals surface area contributed by atoms with Gasteiger partial charge in [0.2, 0.25) is 5.88 Å². The molecule has 1 fully saturated rings. The lowest BCUT2D eigenvalue weighted by Gasteiger charge is -2.26. The maximum Gasteiger partial charge on any atom is 0.255 e. The average Bonchev–Trinajstić information content (AvgIpc) is 3.17. The zero-order chi connectivity index (χ0) is 17.2. The summed E-state index contributed by atoms with van der Waals surface area (Å²) >= 11 is 0. The molecule has 0 radical (unpaired) electrons. The molecule has 2 aromatic rings. The van der Waals surface area contributed by atoms with Gasteiger partial charge in [0, 0.05) is 18.8 Å². The number of amides is 1. The average molecular weight is 340 g/mol. The molecule has 0 aliphatic carbocycles. The van der Waals surface area contributed by atoms with Crippen molar-refractivity contribution in [1.29, 1.82) is 0 Å². The summed E-state index contributed by atoms with van der Waals surface area (Å²) in [5.41, 5.74) is 1.65. The Labute approximate surface area is 146 Å². The summed E-state index contributed by atoms with van der Waals surface area (Å²) in [6.07, 6.45) is 3.49. The van der Waals surface area contributed by atoms with Crippen LogP contribution in [0.3, 0.4) is 0 Å². The van der Waals surface area contributed by atoms with Gasteiger partial charge in [-0.1, -0.05) is 6.07 Å². The third-order valence-corrected chi connectivity index (χ3v) is 4.66. The van der Waals surface area contributed by atoms with E-state index >= 15 is 0 Å². The molecule has 0 N–H and O–H groups in total. The van der Waals surface area contributed by atoms with E-state index in [4.69, 9.17) is 14.2 Å². The smallest absolute Gasteiger partial charge is 0.255 e. The van der Waals surface area contributed by atoms with Gasteiger partial charge in [-0.05, 0) is 36.6 Å². The van der Waals surface area contributed by atoms with E-state index in [9.17, 15) is 4.79 Å². The number of carbonyl (C=O) groups is 1. The van der Waals surface area contributed by atoms with E-state index < -0.39 is 0 Å². The van der Waals surface area contributed by atoms with Crippen LogP contribution in [0.15, 0.2) is 36.5 Å². The van der Waals surface area contributed by atoms with Crippen molar-refractivity contribution in [3.8, 4) is 17.4 Å². The molecule has 4 rings (SSSR count). The van der Waals surface area contributed by atoms with Gasteiger partial charge in [-0.25, -0.2) is 4.98 Å². The van der Waals surface area contributed by atoms with Crippen LogP contribution >= 0.6 is 0 Å². The predicted octanol–water partition coefficient (Wildman–Crippen LogP) is 2.84. The first-order chi connectivity index (χ1) is 12.3. The number of likely N-dealkylation sites (tertiary alicyclic amines) is 1. The normalized spacial score (nSPS) is 18.9. The fourth-order valence-corrected chi connectivity index (χ4v) is 3.42. The number of rotatable bonds is 3. The maximum atomic E-state index is 12.9. The Morgan fingerprint density at radius 1 is 1.20 bits per heavy atom. The van der Waals surface area contributed by atoms with E-state index in [1.807, 2.05) is 23.1 Å². The minimum Gasteiger partial charge on any atom is -0.486 e. The second-order valence-electron chi connectivity index (χ2n) is 6.15. The molecule has 0 saturated carbocycles. The molecule has 0 spiro atoms. The largest absolute Gasteiger partial charge is 0.486 e. The summed E-state index contributed by atoms with van der Waals surface area (Å²) in [6.45, 7) is 1.87. The van der Waals surface area contributed by atoms with Crippen molar-refractivity contribution in [3.63, 3.8) is 0 Å². The van der Waals surface area contributed by atoms with Gasteiger partial charge in [-0.15, -0.1) is 0 Å². The molecule has 2 aliphatic rings. The molecule has 1 amide bonds. The Bertz CT molecular complexity index is 775. The molecular weight excluding hydrogens is 320 g/mol. The van der Waals surface area contributed by atoms with Crippen molar-refractivity contribution in [2.45, 2.75) is 18.9 Å². The number of aromatic nitrogens is 1. The second-order valence-corrected chi connectivity index (χ2v) is 6.15. The van der Waals surface area contributed by atoms with Crippen LogP contribution in [0, 0.1) is 0 Å². The first-order valence-corrected chi connectivity index (χ1v) is 8.47. The van der Waals surface area contributed by atoms with Crippen molar-refractivity contribution >= 4 is 5.91 Å². The highest BCUT2D eigenvalue weighted by atomic mass is 16.6. The summed E-state index contributed by atoms with van der Waals surface area (Å²) in [5.74, 6) is 2.02. The molecule has 1 unspecified atom stereocenters.